The molecule has 1 N–H and O–H groups in total. The van der Waals surface area contributed by atoms with Crippen molar-refractivity contribution in [2.45, 2.75) is 20.0 Å². The van der Waals surface area contributed by atoms with Gasteiger partial charge in [0.1, 0.15) is 17.6 Å². The normalized spacial score (nSPS) is 10.6. The highest BCUT2D eigenvalue weighted by Gasteiger charge is 2.19. The first-order valence-electron chi connectivity index (χ1n) is 6.03. The Morgan fingerprint density at radius 2 is 2.25 bits per heavy atom. The van der Waals surface area contributed by atoms with Crippen LogP contribution in [0.5, 0.6) is 0 Å². The molecule has 0 amide bonds. The van der Waals surface area contributed by atoms with E-state index >= 15 is 0 Å². The van der Waals surface area contributed by atoms with Gasteiger partial charge >= 0.3 is 5.97 Å². The van der Waals surface area contributed by atoms with E-state index in [1.807, 2.05) is 13.8 Å². The Morgan fingerprint density at radius 1 is 1.60 bits per heavy atom. The molecule has 8 heteroatoms. The Hall–Kier alpha value is -2.22. The summed E-state index contributed by atoms with van der Waals surface area (Å²) < 4.78 is 5.37. The lowest BCUT2D eigenvalue weighted by molar-refractivity contribution is -0.385. The van der Waals surface area contributed by atoms with Gasteiger partial charge in [0.25, 0.3) is 5.69 Å². The van der Waals surface area contributed by atoms with Gasteiger partial charge in [0.2, 0.25) is 0 Å². The summed E-state index contributed by atoms with van der Waals surface area (Å²) in [5, 5.41) is 19.8. The van der Waals surface area contributed by atoms with E-state index in [1.54, 1.807) is 11.9 Å². The molecule has 1 heterocycles. The molecular weight excluding hydrogens is 266 g/mol. The average molecular weight is 283 g/mol. The van der Waals surface area contributed by atoms with Gasteiger partial charge < -0.3 is 14.7 Å². The quantitative estimate of drug-likeness (QED) is 0.597. The number of hydrogen-bond donors (Lipinski definition) is 1. The van der Waals surface area contributed by atoms with E-state index in [0.717, 1.165) is 12.3 Å². The second-order valence-corrected chi connectivity index (χ2v) is 4.47. The zero-order chi connectivity index (χ0) is 15.3. The number of pyridine rings is 1. The molecule has 0 unspecified atom stereocenters. The van der Waals surface area contributed by atoms with E-state index in [-0.39, 0.29) is 23.2 Å². The summed E-state index contributed by atoms with van der Waals surface area (Å²) in [6.07, 6.45) is 1.12. The Balaban J connectivity index is 2.93. The van der Waals surface area contributed by atoms with Crippen LogP contribution in [-0.4, -0.2) is 47.3 Å². The van der Waals surface area contributed by atoms with Crippen LogP contribution in [0.25, 0.3) is 0 Å². The lowest BCUT2D eigenvalue weighted by Crippen LogP contribution is -2.26. The molecule has 0 aromatic carbocycles. The van der Waals surface area contributed by atoms with Gasteiger partial charge in [-0.25, -0.2) is 9.78 Å². The Morgan fingerprint density at radius 3 is 2.75 bits per heavy atom. The van der Waals surface area contributed by atoms with Crippen LogP contribution in [0.4, 0.5) is 11.5 Å². The average Bonchev–Trinajstić information content (AvgIpc) is 2.37. The van der Waals surface area contributed by atoms with Crippen molar-refractivity contribution in [1.82, 2.24) is 4.98 Å². The molecule has 0 atom stereocenters. The van der Waals surface area contributed by atoms with Gasteiger partial charge in [-0.05, 0) is 13.8 Å². The minimum atomic E-state index is -1.26. The first-order chi connectivity index (χ1) is 9.32. The predicted molar refractivity (Wildman–Crippen MR) is 72.2 cm³/mol. The monoisotopic (exact) mass is 283 g/mol. The number of anilines is 1. The molecule has 0 spiro atoms. The van der Waals surface area contributed by atoms with Crippen LogP contribution in [0.1, 0.15) is 24.2 Å². The van der Waals surface area contributed by atoms with Crippen LogP contribution in [0.2, 0.25) is 0 Å². The largest absolute Gasteiger partial charge is 0.478 e. The molecule has 0 saturated carbocycles. The fourth-order valence-electron chi connectivity index (χ4n) is 1.54. The number of carboxylic acid groups (broad SMARTS) is 1. The number of carbonyl (C=O) groups is 1. The summed E-state index contributed by atoms with van der Waals surface area (Å²) >= 11 is 0. The molecule has 1 aromatic rings. The van der Waals surface area contributed by atoms with E-state index in [0.29, 0.717) is 13.2 Å². The fourth-order valence-corrected chi connectivity index (χ4v) is 1.54. The van der Waals surface area contributed by atoms with Crippen LogP contribution >= 0.6 is 0 Å². The molecule has 1 rings (SSSR count). The Bertz CT molecular complexity index is 504. The second kappa shape index (κ2) is 6.80. The number of nitrogens with zero attached hydrogens (tertiary/aromatic N) is 3. The molecule has 0 aliphatic carbocycles. The molecule has 0 fully saturated rings. The number of nitro groups is 1. The van der Waals surface area contributed by atoms with Gasteiger partial charge in [-0.1, -0.05) is 0 Å². The number of aromatic carboxylic acids is 1. The summed E-state index contributed by atoms with van der Waals surface area (Å²) in [5.41, 5.74) is -0.552. The fraction of sp³-hybridized carbons (Fsp3) is 0.500. The highest BCUT2D eigenvalue weighted by atomic mass is 16.6. The van der Waals surface area contributed by atoms with Gasteiger partial charge in [0.05, 0.1) is 17.6 Å². The van der Waals surface area contributed by atoms with Crippen molar-refractivity contribution in [3.05, 3.63) is 27.9 Å². The van der Waals surface area contributed by atoms with Gasteiger partial charge in [-0.15, -0.1) is 0 Å². The molecule has 0 bridgehead atoms. The maximum absolute atomic E-state index is 11.2. The highest BCUT2D eigenvalue weighted by Crippen LogP contribution is 2.21. The molecule has 110 valence electrons. The van der Waals surface area contributed by atoms with Crippen LogP contribution in [0, 0.1) is 10.1 Å². The maximum Gasteiger partial charge on any atom is 0.339 e. The SMILES string of the molecule is CC(C)OCCN(C)c1ncc([N+](=O)[O-])cc1C(=O)O. The Labute approximate surface area is 116 Å². The second-order valence-electron chi connectivity index (χ2n) is 4.47. The van der Waals surface area contributed by atoms with E-state index in [1.165, 1.54) is 0 Å². The molecular formula is C12H17N3O5. The summed E-state index contributed by atoms with van der Waals surface area (Å²) in [5.74, 6) is -1.08. The summed E-state index contributed by atoms with van der Waals surface area (Å²) in [6.45, 7) is 4.63. The number of ether oxygens (including phenoxy) is 1. The van der Waals surface area contributed by atoms with Gasteiger partial charge in [-0.3, -0.25) is 10.1 Å². The molecule has 0 aliphatic heterocycles. The maximum atomic E-state index is 11.2. The van der Waals surface area contributed by atoms with Crippen molar-refractivity contribution in [2.24, 2.45) is 0 Å². The molecule has 0 radical (unpaired) electrons. The zero-order valence-corrected chi connectivity index (χ0v) is 11.6. The number of hydrogen-bond acceptors (Lipinski definition) is 6. The first-order valence-corrected chi connectivity index (χ1v) is 6.03. The van der Waals surface area contributed by atoms with E-state index in [4.69, 9.17) is 9.84 Å². The topological polar surface area (TPSA) is 106 Å². The molecule has 0 saturated heterocycles. The minimum absolute atomic E-state index is 0.0761. The molecule has 20 heavy (non-hydrogen) atoms. The lowest BCUT2D eigenvalue weighted by Gasteiger charge is -2.20. The van der Waals surface area contributed by atoms with Gasteiger partial charge in [0.15, 0.2) is 0 Å². The zero-order valence-electron chi connectivity index (χ0n) is 11.6. The van der Waals surface area contributed by atoms with E-state index < -0.39 is 10.9 Å². The standard InChI is InChI=1S/C12H17N3O5/c1-8(2)20-5-4-14(3)11-10(12(16)17)6-9(7-13-11)15(18)19/h6-8H,4-5H2,1-3H3,(H,16,17). The first kappa shape index (κ1) is 15.8. The third kappa shape index (κ3) is 4.16. The van der Waals surface area contributed by atoms with Gasteiger partial charge in [-0.2, -0.15) is 0 Å². The van der Waals surface area contributed by atoms with Crippen LogP contribution in [0.3, 0.4) is 0 Å². The molecule has 0 aliphatic rings. The van der Waals surface area contributed by atoms with Crippen molar-refractivity contribution in [3.8, 4) is 0 Å². The van der Waals surface area contributed by atoms with Crippen molar-refractivity contribution in [3.63, 3.8) is 0 Å². The third-order valence-corrected chi connectivity index (χ3v) is 2.53. The van der Waals surface area contributed by atoms with Crippen molar-refractivity contribution >= 4 is 17.5 Å². The lowest BCUT2D eigenvalue weighted by atomic mass is 10.2. The molecule has 8 nitrogen and oxygen atoms in total. The summed E-state index contributed by atoms with van der Waals surface area (Å²) in [7, 11) is 1.66. The van der Waals surface area contributed by atoms with E-state index in [2.05, 4.69) is 4.98 Å². The van der Waals surface area contributed by atoms with Crippen LogP contribution < -0.4 is 4.90 Å². The summed E-state index contributed by atoms with van der Waals surface area (Å²) in [4.78, 5) is 26.6. The van der Waals surface area contributed by atoms with E-state index in [9.17, 15) is 14.9 Å². The van der Waals surface area contributed by atoms with Crippen molar-refractivity contribution in [1.29, 1.82) is 0 Å². The number of likely N-dealkylation sites (N-methyl/N-ethyl adjacent to an activating group) is 1. The van der Waals surface area contributed by atoms with Crippen molar-refractivity contribution in [2.75, 3.05) is 25.1 Å². The smallest absolute Gasteiger partial charge is 0.339 e. The number of aromatic nitrogens is 1. The van der Waals surface area contributed by atoms with Crippen molar-refractivity contribution < 1.29 is 19.6 Å². The minimum Gasteiger partial charge on any atom is -0.478 e. The predicted octanol–water partition coefficient (Wildman–Crippen LogP) is 1.55. The third-order valence-electron chi connectivity index (χ3n) is 2.53. The van der Waals surface area contributed by atoms with Gasteiger partial charge in [0, 0.05) is 19.7 Å². The Kier molecular flexibility index (Phi) is 5.39. The summed E-state index contributed by atoms with van der Waals surface area (Å²) in [6, 6.07) is 1.00. The number of rotatable bonds is 7. The van der Waals surface area contributed by atoms with Crippen LogP contribution in [-0.2, 0) is 4.74 Å². The number of carboxylic acids is 1. The molecule has 1 aromatic heterocycles. The van der Waals surface area contributed by atoms with Crippen LogP contribution in [0.15, 0.2) is 12.3 Å². The highest BCUT2D eigenvalue weighted by molar-refractivity contribution is 5.94.